The van der Waals surface area contributed by atoms with Crippen LogP contribution in [0.1, 0.15) is 40.0 Å². The van der Waals surface area contributed by atoms with E-state index in [0.29, 0.717) is 32.4 Å². The van der Waals surface area contributed by atoms with E-state index in [1.54, 1.807) is 0 Å². The van der Waals surface area contributed by atoms with Crippen LogP contribution in [0, 0.1) is 5.92 Å². The predicted molar refractivity (Wildman–Crippen MR) is 86.9 cm³/mol. The standard InChI is InChI=1S/C13H27N3O3S.ClH/c1-4-9-20(18,19)16-7-5-11(6-8-16)15-13(17)12(14)10(2)3;/h10-12H,4-9,14H2,1-3H3,(H,15,17);1H. The lowest BCUT2D eigenvalue weighted by molar-refractivity contribution is -0.124. The zero-order chi connectivity index (χ0) is 15.3. The second kappa shape index (κ2) is 8.92. The van der Waals surface area contributed by atoms with Crippen molar-refractivity contribution < 1.29 is 13.2 Å². The molecule has 8 heteroatoms. The van der Waals surface area contributed by atoms with Gasteiger partial charge in [-0.2, -0.15) is 0 Å². The van der Waals surface area contributed by atoms with Crippen molar-refractivity contribution in [3.8, 4) is 0 Å². The molecule has 0 aromatic carbocycles. The number of hydrogen-bond donors (Lipinski definition) is 2. The van der Waals surface area contributed by atoms with E-state index in [9.17, 15) is 13.2 Å². The van der Waals surface area contributed by atoms with Crippen molar-refractivity contribution in [3.63, 3.8) is 0 Å². The summed E-state index contributed by atoms with van der Waals surface area (Å²) in [6, 6.07) is -0.475. The third-order valence-electron chi connectivity index (χ3n) is 3.68. The number of sulfonamides is 1. The molecule has 1 aliphatic rings. The van der Waals surface area contributed by atoms with Gasteiger partial charge in [-0.05, 0) is 25.2 Å². The number of amides is 1. The van der Waals surface area contributed by atoms with Gasteiger partial charge < -0.3 is 11.1 Å². The van der Waals surface area contributed by atoms with E-state index in [4.69, 9.17) is 5.73 Å². The molecule has 1 amide bonds. The molecule has 1 unspecified atom stereocenters. The number of halogens is 1. The highest BCUT2D eigenvalue weighted by atomic mass is 35.5. The molecule has 1 aliphatic heterocycles. The second-order valence-electron chi connectivity index (χ2n) is 5.77. The number of hydrogen-bond acceptors (Lipinski definition) is 4. The summed E-state index contributed by atoms with van der Waals surface area (Å²) >= 11 is 0. The van der Waals surface area contributed by atoms with Gasteiger partial charge in [-0.1, -0.05) is 20.8 Å². The summed E-state index contributed by atoms with van der Waals surface area (Å²) in [5.74, 6) is 0.150. The molecule has 1 fully saturated rings. The summed E-state index contributed by atoms with van der Waals surface area (Å²) < 4.78 is 25.4. The Balaban J connectivity index is 0.00000400. The summed E-state index contributed by atoms with van der Waals surface area (Å²) in [4.78, 5) is 11.9. The Morgan fingerprint density at radius 1 is 1.33 bits per heavy atom. The zero-order valence-electron chi connectivity index (χ0n) is 13.0. The Labute approximate surface area is 134 Å². The summed E-state index contributed by atoms with van der Waals surface area (Å²) in [5, 5.41) is 2.92. The number of piperidine rings is 1. The fourth-order valence-corrected chi connectivity index (χ4v) is 3.81. The third-order valence-corrected chi connectivity index (χ3v) is 5.75. The topological polar surface area (TPSA) is 92.5 Å². The summed E-state index contributed by atoms with van der Waals surface area (Å²) in [5.41, 5.74) is 5.79. The van der Waals surface area contributed by atoms with Crippen LogP contribution in [0.25, 0.3) is 0 Å². The van der Waals surface area contributed by atoms with Gasteiger partial charge in [0.05, 0.1) is 11.8 Å². The quantitative estimate of drug-likeness (QED) is 0.744. The molecular formula is C13H28ClN3O3S. The number of carbonyl (C=O) groups is 1. The van der Waals surface area contributed by atoms with Gasteiger partial charge in [-0.25, -0.2) is 12.7 Å². The second-order valence-corrected chi connectivity index (χ2v) is 7.86. The van der Waals surface area contributed by atoms with Crippen LogP contribution < -0.4 is 11.1 Å². The molecule has 1 saturated heterocycles. The van der Waals surface area contributed by atoms with Crippen LogP contribution in [-0.4, -0.2) is 49.6 Å². The number of nitrogens with one attached hydrogen (secondary N) is 1. The molecule has 1 atom stereocenters. The molecule has 0 aromatic rings. The fourth-order valence-electron chi connectivity index (χ4n) is 2.27. The molecule has 0 aromatic heterocycles. The van der Waals surface area contributed by atoms with Gasteiger partial charge in [0, 0.05) is 19.1 Å². The van der Waals surface area contributed by atoms with Crippen LogP contribution in [0.3, 0.4) is 0 Å². The van der Waals surface area contributed by atoms with Crippen LogP contribution in [0.2, 0.25) is 0 Å². The predicted octanol–water partition coefficient (Wildman–Crippen LogP) is 0.712. The highest BCUT2D eigenvalue weighted by Gasteiger charge is 2.29. The van der Waals surface area contributed by atoms with Crippen LogP contribution in [0.15, 0.2) is 0 Å². The van der Waals surface area contributed by atoms with Gasteiger partial charge in [0.15, 0.2) is 0 Å². The first-order valence-electron chi connectivity index (χ1n) is 7.31. The SMILES string of the molecule is CCCS(=O)(=O)N1CCC(NC(=O)C(N)C(C)C)CC1.Cl. The molecule has 0 saturated carbocycles. The van der Waals surface area contributed by atoms with Crippen molar-refractivity contribution in [1.29, 1.82) is 0 Å². The molecular weight excluding hydrogens is 314 g/mol. The zero-order valence-corrected chi connectivity index (χ0v) is 14.7. The van der Waals surface area contributed by atoms with E-state index in [2.05, 4.69) is 5.32 Å². The van der Waals surface area contributed by atoms with Crippen molar-refractivity contribution in [2.24, 2.45) is 11.7 Å². The molecule has 1 rings (SSSR count). The maximum Gasteiger partial charge on any atom is 0.237 e. The van der Waals surface area contributed by atoms with E-state index in [1.807, 2.05) is 20.8 Å². The molecule has 3 N–H and O–H groups in total. The first-order chi connectivity index (χ1) is 9.27. The summed E-state index contributed by atoms with van der Waals surface area (Å²) in [6.07, 6.45) is 1.93. The average molecular weight is 342 g/mol. The van der Waals surface area contributed by atoms with E-state index < -0.39 is 16.1 Å². The van der Waals surface area contributed by atoms with Gasteiger partial charge >= 0.3 is 0 Å². The Hall–Kier alpha value is -0.370. The van der Waals surface area contributed by atoms with Crippen LogP contribution in [-0.2, 0) is 14.8 Å². The molecule has 6 nitrogen and oxygen atoms in total. The van der Waals surface area contributed by atoms with Gasteiger partial charge in [-0.3, -0.25) is 4.79 Å². The Morgan fingerprint density at radius 2 is 1.86 bits per heavy atom. The molecule has 0 radical (unpaired) electrons. The Kier molecular flexibility index (Phi) is 8.77. The summed E-state index contributed by atoms with van der Waals surface area (Å²) in [7, 11) is -3.12. The number of carbonyl (C=O) groups excluding carboxylic acids is 1. The number of nitrogens with zero attached hydrogens (tertiary/aromatic N) is 1. The van der Waals surface area contributed by atoms with Crippen molar-refractivity contribution in [2.45, 2.75) is 52.1 Å². The number of rotatable bonds is 6. The van der Waals surface area contributed by atoms with E-state index in [0.717, 1.165) is 0 Å². The van der Waals surface area contributed by atoms with Gasteiger partial charge in [0.2, 0.25) is 15.9 Å². The Morgan fingerprint density at radius 3 is 2.29 bits per heavy atom. The largest absolute Gasteiger partial charge is 0.352 e. The minimum Gasteiger partial charge on any atom is -0.352 e. The lowest BCUT2D eigenvalue weighted by Crippen LogP contribution is -2.51. The molecule has 126 valence electrons. The molecule has 21 heavy (non-hydrogen) atoms. The van der Waals surface area contributed by atoms with E-state index in [1.165, 1.54) is 4.31 Å². The maximum atomic E-state index is 11.9. The molecule has 1 heterocycles. The van der Waals surface area contributed by atoms with Gasteiger partial charge in [0.1, 0.15) is 0 Å². The fraction of sp³-hybridized carbons (Fsp3) is 0.923. The van der Waals surface area contributed by atoms with E-state index >= 15 is 0 Å². The third kappa shape index (κ3) is 6.10. The van der Waals surface area contributed by atoms with Crippen molar-refractivity contribution in [3.05, 3.63) is 0 Å². The highest BCUT2D eigenvalue weighted by molar-refractivity contribution is 7.89. The minimum atomic E-state index is -3.12. The van der Waals surface area contributed by atoms with Gasteiger partial charge in [0.25, 0.3) is 0 Å². The van der Waals surface area contributed by atoms with Crippen LogP contribution >= 0.6 is 12.4 Å². The molecule has 0 bridgehead atoms. The molecule has 0 spiro atoms. The molecule has 0 aliphatic carbocycles. The lowest BCUT2D eigenvalue weighted by atomic mass is 10.0. The van der Waals surface area contributed by atoms with Crippen molar-refractivity contribution in [1.82, 2.24) is 9.62 Å². The Bertz CT molecular complexity index is 420. The first kappa shape index (κ1) is 20.6. The van der Waals surface area contributed by atoms with Gasteiger partial charge in [-0.15, -0.1) is 12.4 Å². The summed E-state index contributed by atoms with van der Waals surface area (Å²) in [6.45, 7) is 6.63. The first-order valence-corrected chi connectivity index (χ1v) is 8.92. The lowest BCUT2D eigenvalue weighted by Gasteiger charge is -2.32. The van der Waals surface area contributed by atoms with Crippen molar-refractivity contribution in [2.75, 3.05) is 18.8 Å². The van der Waals surface area contributed by atoms with Crippen molar-refractivity contribution >= 4 is 28.3 Å². The normalized spacial score (nSPS) is 19.1. The monoisotopic (exact) mass is 341 g/mol. The van der Waals surface area contributed by atoms with E-state index in [-0.39, 0.29) is 36.0 Å². The smallest absolute Gasteiger partial charge is 0.237 e. The van der Waals surface area contributed by atoms with Crippen LogP contribution in [0.4, 0.5) is 0 Å². The maximum absolute atomic E-state index is 11.9. The minimum absolute atomic E-state index is 0. The number of nitrogens with two attached hydrogens (primary N) is 1. The highest BCUT2D eigenvalue weighted by Crippen LogP contribution is 2.15. The average Bonchev–Trinajstić information content (AvgIpc) is 2.38. The van der Waals surface area contributed by atoms with Crippen LogP contribution in [0.5, 0.6) is 0 Å².